The molecule has 0 aliphatic carbocycles. The summed E-state index contributed by atoms with van der Waals surface area (Å²) in [6, 6.07) is 17.9. The molecule has 0 fully saturated rings. The second-order valence-electron chi connectivity index (χ2n) is 4.04. The lowest BCUT2D eigenvalue weighted by Gasteiger charge is -2.10. The van der Waals surface area contributed by atoms with Gasteiger partial charge in [-0.05, 0) is 36.2 Å². The van der Waals surface area contributed by atoms with Crippen molar-refractivity contribution in [2.24, 2.45) is 0 Å². The van der Waals surface area contributed by atoms with E-state index in [-0.39, 0.29) is 6.10 Å². The average Bonchev–Trinajstić information content (AvgIpc) is 2.40. The van der Waals surface area contributed by atoms with Crippen molar-refractivity contribution in [3.63, 3.8) is 0 Å². The van der Waals surface area contributed by atoms with E-state index < -0.39 is 0 Å². The third-order valence-electron chi connectivity index (χ3n) is 2.74. The molecule has 0 bridgehead atoms. The standard InChI is InChI=1S/C15H17NO/c1-2-15(17)12-8-10-14(11-9-12)16-13-6-4-3-5-7-13/h3-11,15-17H,2H2,1H3. The van der Waals surface area contributed by atoms with Crippen molar-refractivity contribution >= 4 is 11.4 Å². The van der Waals surface area contributed by atoms with Crippen molar-refractivity contribution in [2.75, 3.05) is 5.32 Å². The largest absolute Gasteiger partial charge is 0.388 e. The maximum absolute atomic E-state index is 9.69. The van der Waals surface area contributed by atoms with Gasteiger partial charge in [-0.15, -0.1) is 0 Å². The first-order valence-corrected chi connectivity index (χ1v) is 5.89. The summed E-state index contributed by atoms with van der Waals surface area (Å²) in [6.45, 7) is 1.97. The minimum atomic E-state index is -0.360. The smallest absolute Gasteiger partial charge is 0.0787 e. The molecule has 2 N–H and O–H groups in total. The van der Waals surface area contributed by atoms with Crippen LogP contribution in [-0.2, 0) is 0 Å². The number of para-hydroxylation sites is 1. The summed E-state index contributed by atoms with van der Waals surface area (Å²) >= 11 is 0. The summed E-state index contributed by atoms with van der Waals surface area (Å²) in [4.78, 5) is 0. The molecule has 0 radical (unpaired) electrons. The molecule has 2 aromatic rings. The molecule has 2 heteroatoms. The molecule has 0 saturated carbocycles. The molecule has 0 aromatic heterocycles. The average molecular weight is 227 g/mol. The molecular formula is C15H17NO. The van der Waals surface area contributed by atoms with Crippen LogP contribution in [0.3, 0.4) is 0 Å². The zero-order valence-electron chi connectivity index (χ0n) is 9.93. The van der Waals surface area contributed by atoms with Crippen LogP contribution in [0.5, 0.6) is 0 Å². The number of nitrogens with one attached hydrogen (secondary N) is 1. The molecule has 0 amide bonds. The number of rotatable bonds is 4. The molecule has 0 saturated heterocycles. The zero-order chi connectivity index (χ0) is 12.1. The quantitative estimate of drug-likeness (QED) is 0.831. The second kappa shape index (κ2) is 5.51. The Balaban J connectivity index is 2.08. The summed E-state index contributed by atoms with van der Waals surface area (Å²) in [5.74, 6) is 0. The number of aliphatic hydroxyl groups is 1. The highest BCUT2D eigenvalue weighted by Gasteiger charge is 2.03. The van der Waals surface area contributed by atoms with Crippen LogP contribution in [0.4, 0.5) is 11.4 Å². The van der Waals surface area contributed by atoms with Gasteiger partial charge in [0.25, 0.3) is 0 Å². The van der Waals surface area contributed by atoms with Gasteiger partial charge in [0.15, 0.2) is 0 Å². The van der Waals surface area contributed by atoms with Crippen LogP contribution >= 0.6 is 0 Å². The molecule has 0 aliphatic rings. The minimum absolute atomic E-state index is 0.360. The normalized spacial score (nSPS) is 12.1. The van der Waals surface area contributed by atoms with Crippen molar-refractivity contribution in [2.45, 2.75) is 19.4 Å². The van der Waals surface area contributed by atoms with E-state index in [2.05, 4.69) is 5.32 Å². The Morgan fingerprint density at radius 2 is 1.53 bits per heavy atom. The van der Waals surface area contributed by atoms with Crippen molar-refractivity contribution < 1.29 is 5.11 Å². The topological polar surface area (TPSA) is 32.3 Å². The molecule has 2 nitrogen and oxygen atoms in total. The van der Waals surface area contributed by atoms with Gasteiger partial charge in [-0.2, -0.15) is 0 Å². The first-order valence-electron chi connectivity index (χ1n) is 5.89. The van der Waals surface area contributed by atoms with Crippen LogP contribution in [0.25, 0.3) is 0 Å². The van der Waals surface area contributed by atoms with Gasteiger partial charge < -0.3 is 10.4 Å². The van der Waals surface area contributed by atoms with Gasteiger partial charge in [0.05, 0.1) is 6.10 Å². The van der Waals surface area contributed by atoms with E-state index in [1.165, 1.54) is 0 Å². The number of aliphatic hydroxyl groups excluding tert-OH is 1. The van der Waals surface area contributed by atoms with E-state index in [0.29, 0.717) is 0 Å². The van der Waals surface area contributed by atoms with Gasteiger partial charge in [0.1, 0.15) is 0 Å². The number of anilines is 2. The Hall–Kier alpha value is -1.80. The Morgan fingerprint density at radius 1 is 0.941 bits per heavy atom. The molecule has 2 rings (SSSR count). The number of hydrogen-bond donors (Lipinski definition) is 2. The monoisotopic (exact) mass is 227 g/mol. The van der Waals surface area contributed by atoms with Crippen molar-refractivity contribution in [1.29, 1.82) is 0 Å². The lowest BCUT2D eigenvalue weighted by Crippen LogP contribution is -1.95. The predicted octanol–water partition coefficient (Wildman–Crippen LogP) is 3.87. The summed E-state index contributed by atoms with van der Waals surface area (Å²) in [6.07, 6.45) is 0.381. The molecular weight excluding hydrogens is 210 g/mol. The first kappa shape index (κ1) is 11.7. The van der Waals surface area contributed by atoms with E-state index in [1.54, 1.807) is 0 Å². The SMILES string of the molecule is CCC(O)c1ccc(Nc2ccccc2)cc1. The Labute approximate surface area is 102 Å². The number of benzene rings is 2. The third kappa shape index (κ3) is 3.08. The summed E-state index contributed by atoms with van der Waals surface area (Å²) < 4.78 is 0. The highest BCUT2D eigenvalue weighted by Crippen LogP contribution is 2.21. The Kier molecular flexibility index (Phi) is 3.78. The second-order valence-corrected chi connectivity index (χ2v) is 4.04. The van der Waals surface area contributed by atoms with Gasteiger partial charge in [-0.25, -0.2) is 0 Å². The summed E-state index contributed by atoms with van der Waals surface area (Å²) in [5.41, 5.74) is 3.06. The maximum Gasteiger partial charge on any atom is 0.0787 e. The molecule has 0 spiro atoms. The van der Waals surface area contributed by atoms with E-state index in [9.17, 15) is 5.11 Å². The fourth-order valence-corrected chi connectivity index (χ4v) is 1.71. The zero-order valence-corrected chi connectivity index (χ0v) is 9.93. The van der Waals surface area contributed by atoms with E-state index in [4.69, 9.17) is 0 Å². The molecule has 17 heavy (non-hydrogen) atoms. The van der Waals surface area contributed by atoms with Gasteiger partial charge in [-0.3, -0.25) is 0 Å². The Morgan fingerprint density at radius 3 is 2.12 bits per heavy atom. The van der Waals surface area contributed by atoms with Gasteiger partial charge >= 0.3 is 0 Å². The summed E-state index contributed by atoms with van der Waals surface area (Å²) in [7, 11) is 0. The van der Waals surface area contributed by atoms with E-state index in [0.717, 1.165) is 23.4 Å². The van der Waals surface area contributed by atoms with Crippen molar-refractivity contribution in [1.82, 2.24) is 0 Å². The molecule has 2 aromatic carbocycles. The van der Waals surface area contributed by atoms with Crippen LogP contribution < -0.4 is 5.32 Å². The highest BCUT2D eigenvalue weighted by atomic mass is 16.3. The minimum Gasteiger partial charge on any atom is -0.388 e. The lowest BCUT2D eigenvalue weighted by atomic mass is 10.1. The van der Waals surface area contributed by atoms with Crippen LogP contribution in [0, 0.1) is 0 Å². The Bertz CT molecular complexity index is 450. The fraction of sp³-hybridized carbons (Fsp3) is 0.200. The molecule has 0 heterocycles. The molecule has 1 atom stereocenters. The summed E-state index contributed by atoms with van der Waals surface area (Å²) in [5, 5.41) is 13.0. The van der Waals surface area contributed by atoms with Crippen LogP contribution in [0.15, 0.2) is 54.6 Å². The van der Waals surface area contributed by atoms with Crippen molar-refractivity contribution in [3.8, 4) is 0 Å². The van der Waals surface area contributed by atoms with Crippen LogP contribution in [0.2, 0.25) is 0 Å². The lowest BCUT2D eigenvalue weighted by molar-refractivity contribution is 0.173. The molecule has 0 aliphatic heterocycles. The molecule has 88 valence electrons. The van der Waals surface area contributed by atoms with E-state index >= 15 is 0 Å². The van der Waals surface area contributed by atoms with Crippen LogP contribution in [0.1, 0.15) is 25.0 Å². The van der Waals surface area contributed by atoms with E-state index in [1.807, 2.05) is 61.5 Å². The van der Waals surface area contributed by atoms with Gasteiger partial charge in [0.2, 0.25) is 0 Å². The van der Waals surface area contributed by atoms with Crippen molar-refractivity contribution in [3.05, 3.63) is 60.2 Å². The van der Waals surface area contributed by atoms with Gasteiger partial charge in [-0.1, -0.05) is 37.3 Å². The maximum atomic E-state index is 9.69. The fourth-order valence-electron chi connectivity index (χ4n) is 1.71. The van der Waals surface area contributed by atoms with Gasteiger partial charge in [0, 0.05) is 11.4 Å². The third-order valence-corrected chi connectivity index (χ3v) is 2.74. The first-order chi connectivity index (χ1) is 8.29. The molecule has 1 unspecified atom stereocenters. The number of hydrogen-bond acceptors (Lipinski definition) is 2. The predicted molar refractivity (Wildman–Crippen MR) is 71.4 cm³/mol. The highest BCUT2D eigenvalue weighted by molar-refractivity contribution is 5.59. The van der Waals surface area contributed by atoms with Crippen LogP contribution in [-0.4, -0.2) is 5.11 Å².